The van der Waals surface area contributed by atoms with E-state index in [2.05, 4.69) is 5.32 Å². The topological polar surface area (TPSA) is 130 Å². The fraction of sp³-hybridized carbons (Fsp3) is 0.500. The predicted molar refractivity (Wildman–Crippen MR) is 77.0 cm³/mol. The third kappa shape index (κ3) is 3.69. The lowest BCUT2D eigenvalue weighted by Crippen LogP contribution is -2.45. The average molecular weight is 318 g/mol. The van der Waals surface area contributed by atoms with Gasteiger partial charge in [-0.2, -0.15) is 0 Å². The van der Waals surface area contributed by atoms with Crippen LogP contribution < -0.4 is 5.32 Å². The summed E-state index contributed by atoms with van der Waals surface area (Å²) < 4.78 is 23.3. The van der Waals surface area contributed by atoms with Crippen LogP contribution in [0.25, 0.3) is 0 Å². The molecule has 0 unspecified atom stereocenters. The number of aliphatic hydroxyl groups excluding tert-OH is 2. The molecule has 0 bridgehead atoms. The summed E-state index contributed by atoms with van der Waals surface area (Å²) in [6.45, 7) is 0.770. The quantitative estimate of drug-likeness (QED) is 0.494. The molecule has 1 aromatic carbocycles. The van der Waals surface area contributed by atoms with Gasteiger partial charge in [-0.15, -0.1) is 0 Å². The number of nitrogens with one attached hydrogen (secondary N) is 1. The van der Waals surface area contributed by atoms with Crippen molar-refractivity contribution in [2.75, 3.05) is 24.8 Å². The van der Waals surface area contributed by atoms with Crippen molar-refractivity contribution in [2.45, 2.75) is 23.8 Å². The monoisotopic (exact) mass is 318 g/mol. The highest BCUT2D eigenvalue weighted by Gasteiger charge is 2.32. The maximum atomic E-state index is 11.7. The van der Waals surface area contributed by atoms with E-state index >= 15 is 0 Å². The van der Waals surface area contributed by atoms with Gasteiger partial charge >= 0.3 is 5.69 Å². The van der Waals surface area contributed by atoms with Crippen LogP contribution in [0.4, 0.5) is 11.4 Å². The number of nitro benzene ring substituents is 1. The largest absolute Gasteiger partial charge is 0.394 e. The van der Waals surface area contributed by atoms with Gasteiger partial charge in [0.2, 0.25) is 0 Å². The van der Waals surface area contributed by atoms with Crippen LogP contribution in [0.3, 0.4) is 0 Å². The number of sulfone groups is 1. The Bertz CT molecular complexity index is 616. The Kier molecular flexibility index (Phi) is 5.26. The summed E-state index contributed by atoms with van der Waals surface area (Å²) >= 11 is 0. The number of hydrogen-bond acceptors (Lipinski definition) is 7. The molecular formula is C12H18N2O6S. The maximum absolute atomic E-state index is 11.7. The van der Waals surface area contributed by atoms with Gasteiger partial charge in [0.25, 0.3) is 0 Å². The van der Waals surface area contributed by atoms with Gasteiger partial charge in [0.1, 0.15) is 10.6 Å². The molecule has 1 aromatic rings. The molecule has 0 aliphatic carbocycles. The molecular weight excluding hydrogens is 300 g/mol. The minimum Gasteiger partial charge on any atom is -0.394 e. The number of para-hydroxylation sites is 1. The van der Waals surface area contributed by atoms with E-state index in [4.69, 9.17) is 0 Å². The summed E-state index contributed by atoms with van der Waals surface area (Å²) in [6, 6.07) is 3.84. The Morgan fingerprint density at radius 2 is 1.90 bits per heavy atom. The molecule has 3 N–H and O–H groups in total. The van der Waals surface area contributed by atoms with E-state index in [-0.39, 0.29) is 5.69 Å². The van der Waals surface area contributed by atoms with E-state index in [1.165, 1.54) is 12.1 Å². The summed E-state index contributed by atoms with van der Waals surface area (Å²) in [5.41, 5.74) is -1.83. The zero-order valence-corrected chi connectivity index (χ0v) is 12.6. The molecule has 0 saturated heterocycles. The fourth-order valence-corrected chi connectivity index (χ4v) is 2.70. The summed E-state index contributed by atoms with van der Waals surface area (Å²) in [5.74, 6) is 0. The summed E-state index contributed by atoms with van der Waals surface area (Å²) in [7, 11) is -3.78. The highest BCUT2D eigenvalue weighted by atomic mass is 32.2. The molecule has 8 nitrogen and oxygen atoms in total. The van der Waals surface area contributed by atoms with Crippen LogP contribution in [0, 0.1) is 10.1 Å². The number of rotatable bonds is 7. The molecule has 0 aliphatic rings. The first-order valence-electron chi connectivity index (χ1n) is 6.18. The van der Waals surface area contributed by atoms with Crippen LogP contribution >= 0.6 is 0 Å². The molecule has 0 aliphatic heterocycles. The van der Waals surface area contributed by atoms with Crippen molar-refractivity contribution >= 4 is 21.2 Å². The highest BCUT2D eigenvalue weighted by Crippen LogP contribution is 2.34. The minimum absolute atomic E-state index is 0.0622. The van der Waals surface area contributed by atoms with Crippen LogP contribution in [-0.2, 0) is 9.84 Å². The normalized spacial score (nSPS) is 12.2. The number of hydrogen-bond donors (Lipinski definition) is 3. The zero-order chi connectivity index (χ0) is 16.3. The molecule has 0 amide bonds. The van der Waals surface area contributed by atoms with Crippen LogP contribution in [0.5, 0.6) is 0 Å². The van der Waals surface area contributed by atoms with Gasteiger partial charge in [-0.25, -0.2) is 8.42 Å². The van der Waals surface area contributed by atoms with E-state index < -0.39 is 44.1 Å². The second kappa shape index (κ2) is 6.37. The maximum Gasteiger partial charge on any atom is 0.310 e. The van der Waals surface area contributed by atoms with Crippen molar-refractivity contribution in [3.05, 3.63) is 28.3 Å². The van der Waals surface area contributed by atoms with Crippen molar-refractivity contribution in [1.29, 1.82) is 0 Å². The summed E-state index contributed by atoms with van der Waals surface area (Å²) in [5, 5.41) is 32.7. The second-order valence-electron chi connectivity index (χ2n) is 4.76. The molecule has 9 heteroatoms. The first kappa shape index (κ1) is 17.3. The van der Waals surface area contributed by atoms with Crippen LogP contribution in [0.15, 0.2) is 23.1 Å². The molecule has 0 spiro atoms. The predicted octanol–water partition coefficient (Wildman–Crippen LogP) is 0.544. The van der Waals surface area contributed by atoms with Gasteiger partial charge < -0.3 is 15.5 Å². The number of nitrogens with zero attached hydrogens (tertiary/aromatic N) is 1. The standard InChI is InChI=1S/C12H18N2O6S/c1-3-12(7-15,8-16)13-9-5-4-6-10(21(2,19)20)11(9)14(17)18/h4-6,13,15-16H,3,7-8H2,1-2H3. The van der Waals surface area contributed by atoms with Gasteiger partial charge in [0, 0.05) is 6.26 Å². The van der Waals surface area contributed by atoms with E-state index in [1.807, 2.05) is 0 Å². The highest BCUT2D eigenvalue weighted by molar-refractivity contribution is 7.90. The number of aliphatic hydroxyl groups is 2. The number of anilines is 1. The first-order valence-corrected chi connectivity index (χ1v) is 8.07. The second-order valence-corrected chi connectivity index (χ2v) is 6.74. The van der Waals surface area contributed by atoms with Gasteiger partial charge in [0.05, 0.1) is 23.7 Å². The summed E-state index contributed by atoms with van der Waals surface area (Å²) in [6.07, 6.45) is 1.17. The molecule has 0 aromatic heterocycles. The van der Waals surface area contributed by atoms with Crippen molar-refractivity contribution < 1.29 is 23.6 Å². The molecule has 0 radical (unpaired) electrons. The molecule has 0 saturated carbocycles. The van der Waals surface area contributed by atoms with Crippen molar-refractivity contribution in [2.24, 2.45) is 0 Å². The number of benzene rings is 1. The van der Waals surface area contributed by atoms with Crippen molar-refractivity contribution in [3.63, 3.8) is 0 Å². The average Bonchev–Trinajstić information content (AvgIpc) is 2.43. The lowest BCUT2D eigenvalue weighted by molar-refractivity contribution is -0.386. The Morgan fingerprint density at radius 3 is 2.29 bits per heavy atom. The van der Waals surface area contributed by atoms with Crippen LogP contribution in [0.1, 0.15) is 13.3 Å². The van der Waals surface area contributed by atoms with E-state index in [0.717, 1.165) is 12.3 Å². The molecule has 0 fully saturated rings. The van der Waals surface area contributed by atoms with Gasteiger partial charge in [-0.05, 0) is 18.6 Å². The molecule has 0 heterocycles. The third-order valence-electron chi connectivity index (χ3n) is 3.26. The first-order chi connectivity index (χ1) is 9.70. The molecule has 1 rings (SSSR count). The lowest BCUT2D eigenvalue weighted by atomic mass is 9.98. The van der Waals surface area contributed by atoms with Crippen molar-refractivity contribution in [1.82, 2.24) is 0 Å². The Labute approximate surface area is 122 Å². The van der Waals surface area contributed by atoms with Gasteiger partial charge in [-0.3, -0.25) is 10.1 Å². The van der Waals surface area contributed by atoms with E-state index in [0.29, 0.717) is 6.42 Å². The Morgan fingerprint density at radius 1 is 1.33 bits per heavy atom. The van der Waals surface area contributed by atoms with Crippen LogP contribution in [0.2, 0.25) is 0 Å². The molecule has 118 valence electrons. The SMILES string of the molecule is CCC(CO)(CO)Nc1cccc(S(C)(=O)=O)c1[N+](=O)[O-]. The Hall–Kier alpha value is -1.71. The zero-order valence-electron chi connectivity index (χ0n) is 11.7. The van der Waals surface area contributed by atoms with E-state index in [1.54, 1.807) is 6.92 Å². The smallest absolute Gasteiger partial charge is 0.310 e. The minimum atomic E-state index is -3.78. The van der Waals surface area contributed by atoms with Gasteiger partial charge in [-0.1, -0.05) is 13.0 Å². The van der Waals surface area contributed by atoms with Crippen LogP contribution in [-0.4, -0.2) is 48.6 Å². The Balaban J connectivity index is 3.48. The van der Waals surface area contributed by atoms with E-state index in [9.17, 15) is 28.7 Å². The molecule has 0 atom stereocenters. The number of nitro groups is 1. The lowest BCUT2D eigenvalue weighted by Gasteiger charge is -2.30. The van der Waals surface area contributed by atoms with Gasteiger partial charge in [0.15, 0.2) is 9.84 Å². The van der Waals surface area contributed by atoms with Crippen molar-refractivity contribution in [3.8, 4) is 0 Å². The third-order valence-corrected chi connectivity index (χ3v) is 4.39. The molecule has 21 heavy (non-hydrogen) atoms. The fourth-order valence-electron chi connectivity index (χ4n) is 1.84. The summed E-state index contributed by atoms with van der Waals surface area (Å²) in [4.78, 5) is 10.0.